The van der Waals surface area contributed by atoms with Crippen LogP contribution in [0, 0.1) is 0 Å². The fourth-order valence-electron chi connectivity index (χ4n) is 2.16. The number of rotatable bonds is 5. The molecule has 0 saturated carbocycles. The maximum atomic E-state index is 10.3. The van der Waals surface area contributed by atoms with Gasteiger partial charge in [0.2, 0.25) is 0 Å². The molecule has 7 heteroatoms. The van der Waals surface area contributed by atoms with Gasteiger partial charge in [-0.15, -0.1) is 5.10 Å². The molecule has 0 aliphatic heterocycles. The molecule has 1 aromatic carbocycles. The Hall–Kier alpha value is -2.31. The largest absolute Gasteiger partial charge is 0.386 e. The average Bonchev–Trinajstić information content (AvgIpc) is 2.95. The van der Waals surface area contributed by atoms with E-state index in [2.05, 4.69) is 20.5 Å². The number of pyridine rings is 1. The van der Waals surface area contributed by atoms with E-state index >= 15 is 0 Å². The van der Waals surface area contributed by atoms with Crippen LogP contribution in [0.3, 0.4) is 0 Å². The first-order valence-corrected chi connectivity index (χ1v) is 7.19. The minimum Gasteiger partial charge on any atom is -0.386 e. The van der Waals surface area contributed by atoms with Crippen molar-refractivity contribution in [3.63, 3.8) is 0 Å². The molecule has 0 amide bonds. The van der Waals surface area contributed by atoms with Crippen LogP contribution in [0.25, 0.3) is 0 Å². The quantitative estimate of drug-likeness (QED) is 0.779. The number of nitrogens with zero attached hydrogens (tertiary/aromatic N) is 5. The lowest BCUT2D eigenvalue weighted by Gasteiger charge is -2.13. The number of halogens is 1. The third kappa shape index (κ3) is 3.29. The van der Waals surface area contributed by atoms with E-state index < -0.39 is 6.10 Å². The molecule has 0 unspecified atom stereocenters. The first-order chi connectivity index (χ1) is 10.7. The van der Waals surface area contributed by atoms with Crippen LogP contribution in [-0.2, 0) is 13.0 Å². The summed E-state index contributed by atoms with van der Waals surface area (Å²) in [6.45, 7) is 0.235. The molecule has 112 valence electrons. The van der Waals surface area contributed by atoms with Gasteiger partial charge in [-0.05, 0) is 28.6 Å². The van der Waals surface area contributed by atoms with Gasteiger partial charge >= 0.3 is 0 Å². The van der Waals surface area contributed by atoms with E-state index in [1.54, 1.807) is 23.0 Å². The van der Waals surface area contributed by atoms with Crippen LogP contribution in [0.5, 0.6) is 0 Å². The molecule has 1 N–H and O–H groups in total. The Kier molecular flexibility index (Phi) is 4.41. The minimum atomic E-state index is -0.778. The maximum absolute atomic E-state index is 10.3. The highest BCUT2D eigenvalue weighted by Gasteiger charge is 2.15. The zero-order chi connectivity index (χ0) is 15.4. The zero-order valence-electron chi connectivity index (χ0n) is 11.7. The van der Waals surface area contributed by atoms with Crippen molar-refractivity contribution >= 4 is 11.6 Å². The van der Waals surface area contributed by atoms with Crippen LogP contribution < -0.4 is 0 Å². The molecule has 3 aromatic rings. The molecule has 1 atom stereocenters. The molecule has 0 fully saturated rings. The Morgan fingerprint density at radius 1 is 1.14 bits per heavy atom. The van der Waals surface area contributed by atoms with E-state index in [9.17, 15) is 5.11 Å². The van der Waals surface area contributed by atoms with Gasteiger partial charge in [-0.1, -0.05) is 35.9 Å². The smallest absolute Gasteiger partial charge is 0.157 e. The summed E-state index contributed by atoms with van der Waals surface area (Å²) < 4.78 is 1.57. The van der Waals surface area contributed by atoms with Crippen LogP contribution in [0.1, 0.15) is 23.2 Å². The van der Waals surface area contributed by atoms with Gasteiger partial charge in [-0.2, -0.15) is 0 Å². The van der Waals surface area contributed by atoms with Crippen molar-refractivity contribution in [2.45, 2.75) is 19.1 Å². The first-order valence-electron chi connectivity index (χ1n) is 6.81. The molecule has 6 nitrogen and oxygen atoms in total. The van der Waals surface area contributed by atoms with Gasteiger partial charge in [-0.25, -0.2) is 4.68 Å². The SMILES string of the molecule is O[C@H](Cn1nnnc1Cc1ccccn1)c1ccccc1Cl. The number of aliphatic hydroxyl groups excluding tert-OH is 1. The number of aliphatic hydroxyl groups is 1. The predicted molar refractivity (Wildman–Crippen MR) is 81.3 cm³/mol. The van der Waals surface area contributed by atoms with Crippen molar-refractivity contribution in [2.75, 3.05) is 0 Å². The lowest BCUT2D eigenvalue weighted by molar-refractivity contribution is 0.149. The van der Waals surface area contributed by atoms with Gasteiger partial charge in [0.15, 0.2) is 5.82 Å². The van der Waals surface area contributed by atoms with Gasteiger partial charge in [-0.3, -0.25) is 4.98 Å². The third-order valence-electron chi connectivity index (χ3n) is 3.28. The highest BCUT2D eigenvalue weighted by atomic mass is 35.5. The summed E-state index contributed by atoms with van der Waals surface area (Å²) in [7, 11) is 0. The summed E-state index contributed by atoms with van der Waals surface area (Å²) in [6.07, 6.45) is 1.45. The molecule has 2 heterocycles. The Balaban J connectivity index is 1.76. The highest BCUT2D eigenvalue weighted by molar-refractivity contribution is 6.31. The predicted octanol–water partition coefficient (Wildman–Crippen LogP) is 2.05. The van der Waals surface area contributed by atoms with Crippen LogP contribution in [0.15, 0.2) is 48.7 Å². The van der Waals surface area contributed by atoms with E-state index in [4.69, 9.17) is 11.6 Å². The van der Waals surface area contributed by atoms with Crippen molar-refractivity contribution in [1.82, 2.24) is 25.2 Å². The summed E-state index contributed by atoms with van der Waals surface area (Å²) in [4.78, 5) is 4.25. The first kappa shape index (κ1) is 14.6. The number of benzene rings is 1. The topological polar surface area (TPSA) is 76.7 Å². The summed E-state index contributed by atoms with van der Waals surface area (Å²) in [5.41, 5.74) is 1.52. The molecular weight excluding hydrogens is 302 g/mol. The molecule has 0 bridgehead atoms. The molecule has 22 heavy (non-hydrogen) atoms. The van der Waals surface area contributed by atoms with Crippen molar-refractivity contribution in [3.8, 4) is 0 Å². The normalized spacial score (nSPS) is 12.3. The lowest BCUT2D eigenvalue weighted by atomic mass is 10.1. The van der Waals surface area contributed by atoms with Gasteiger partial charge in [0.1, 0.15) is 6.10 Å². The van der Waals surface area contributed by atoms with Gasteiger partial charge in [0, 0.05) is 22.5 Å². The average molecular weight is 316 g/mol. The fourth-order valence-corrected chi connectivity index (χ4v) is 2.43. The van der Waals surface area contributed by atoms with Crippen LogP contribution in [0.4, 0.5) is 0 Å². The highest BCUT2D eigenvalue weighted by Crippen LogP contribution is 2.23. The van der Waals surface area contributed by atoms with Crippen molar-refractivity contribution in [1.29, 1.82) is 0 Å². The van der Waals surface area contributed by atoms with Gasteiger partial charge < -0.3 is 5.11 Å². The molecular formula is C15H14ClN5O. The Morgan fingerprint density at radius 3 is 2.73 bits per heavy atom. The molecule has 0 radical (unpaired) electrons. The zero-order valence-corrected chi connectivity index (χ0v) is 12.4. The summed E-state index contributed by atoms with van der Waals surface area (Å²) in [5.74, 6) is 0.643. The minimum absolute atomic E-state index is 0.235. The molecule has 0 spiro atoms. The number of aromatic nitrogens is 5. The number of hydrogen-bond acceptors (Lipinski definition) is 5. The molecule has 0 aliphatic carbocycles. The van der Waals surface area contributed by atoms with E-state index in [0.717, 1.165) is 5.69 Å². The van der Waals surface area contributed by atoms with E-state index in [1.807, 2.05) is 30.3 Å². The number of hydrogen-bond donors (Lipinski definition) is 1. The van der Waals surface area contributed by atoms with E-state index in [1.165, 1.54) is 0 Å². The second kappa shape index (κ2) is 6.64. The lowest BCUT2D eigenvalue weighted by Crippen LogP contribution is -2.14. The second-order valence-corrected chi connectivity index (χ2v) is 5.22. The van der Waals surface area contributed by atoms with Crippen molar-refractivity contribution in [2.24, 2.45) is 0 Å². The van der Waals surface area contributed by atoms with E-state index in [0.29, 0.717) is 22.8 Å². The van der Waals surface area contributed by atoms with Crippen molar-refractivity contribution in [3.05, 3.63) is 70.8 Å². The molecule has 0 saturated heterocycles. The monoisotopic (exact) mass is 315 g/mol. The molecule has 3 rings (SSSR count). The van der Waals surface area contributed by atoms with Crippen LogP contribution >= 0.6 is 11.6 Å². The second-order valence-electron chi connectivity index (χ2n) is 4.81. The van der Waals surface area contributed by atoms with Gasteiger partial charge in [0.05, 0.1) is 13.0 Å². The maximum Gasteiger partial charge on any atom is 0.157 e. The van der Waals surface area contributed by atoms with E-state index in [-0.39, 0.29) is 6.54 Å². The van der Waals surface area contributed by atoms with Crippen LogP contribution in [0.2, 0.25) is 5.02 Å². The standard InChI is InChI=1S/C15H14ClN5O/c16-13-7-2-1-6-12(13)14(22)10-21-15(18-19-20-21)9-11-5-3-4-8-17-11/h1-8,14,22H,9-10H2/t14-/m1/s1. The molecule has 2 aromatic heterocycles. The Labute approximate surface area is 132 Å². The number of tetrazole rings is 1. The van der Waals surface area contributed by atoms with Crippen molar-refractivity contribution < 1.29 is 5.11 Å². The Bertz CT molecular complexity index is 746. The third-order valence-corrected chi connectivity index (χ3v) is 3.63. The Morgan fingerprint density at radius 2 is 1.95 bits per heavy atom. The molecule has 0 aliphatic rings. The summed E-state index contributed by atoms with van der Waals surface area (Å²) >= 11 is 6.10. The summed E-state index contributed by atoms with van der Waals surface area (Å²) in [6, 6.07) is 12.9. The summed E-state index contributed by atoms with van der Waals surface area (Å²) in [5, 5.41) is 22.5. The van der Waals surface area contributed by atoms with Crippen LogP contribution in [-0.4, -0.2) is 30.3 Å². The van der Waals surface area contributed by atoms with Gasteiger partial charge in [0.25, 0.3) is 0 Å². The fraction of sp³-hybridized carbons (Fsp3) is 0.200.